The maximum atomic E-state index is 11.6. The largest absolute Gasteiger partial charge is 0.496 e. The first-order valence-corrected chi connectivity index (χ1v) is 6.19. The average Bonchev–Trinajstić information content (AvgIpc) is 2.27. The summed E-state index contributed by atoms with van der Waals surface area (Å²) >= 11 is 0. The fraction of sp³-hybridized carbons (Fsp3) is 0.500. The van der Waals surface area contributed by atoms with Gasteiger partial charge in [-0.1, -0.05) is 13.8 Å². The number of carbonyl (C=O) groups excluding carboxylic acids is 1. The summed E-state index contributed by atoms with van der Waals surface area (Å²) in [5, 5.41) is 5.60. The van der Waals surface area contributed by atoms with Crippen LogP contribution in [-0.4, -0.2) is 19.2 Å². The summed E-state index contributed by atoms with van der Waals surface area (Å²) in [4.78, 5) is 11.6. The predicted molar refractivity (Wildman–Crippen MR) is 74.4 cm³/mol. The molecule has 2 N–H and O–H groups in total. The molecule has 0 aliphatic carbocycles. The molecule has 0 bridgehead atoms. The number of benzene rings is 1. The second kappa shape index (κ2) is 6.28. The molecule has 0 radical (unpaired) electrons. The highest BCUT2D eigenvalue weighted by atomic mass is 16.5. The van der Waals surface area contributed by atoms with Gasteiger partial charge in [0.2, 0.25) is 0 Å². The minimum atomic E-state index is -0.190. The number of ether oxygens (including phenoxy) is 1. The Balaban J connectivity index is 2.85. The molecule has 0 unspecified atom stereocenters. The monoisotopic (exact) mass is 250 g/mol. The molecule has 0 saturated carbocycles. The van der Waals surface area contributed by atoms with Crippen molar-refractivity contribution in [3.05, 3.63) is 23.8 Å². The Kier molecular flexibility index (Phi) is 5.01. The minimum absolute atomic E-state index is 0.118. The van der Waals surface area contributed by atoms with Crippen LogP contribution in [0.5, 0.6) is 5.75 Å². The lowest BCUT2D eigenvalue weighted by Crippen LogP contribution is -2.34. The lowest BCUT2D eigenvalue weighted by Gasteiger charge is -2.15. The number of methoxy groups -OCH3 is 1. The second-order valence-electron chi connectivity index (χ2n) is 4.86. The molecule has 2 amide bonds. The molecule has 18 heavy (non-hydrogen) atoms. The van der Waals surface area contributed by atoms with Crippen LogP contribution < -0.4 is 15.4 Å². The van der Waals surface area contributed by atoms with E-state index in [2.05, 4.69) is 24.5 Å². The van der Waals surface area contributed by atoms with Crippen molar-refractivity contribution in [2.45, 2.75) is 39.7 Å². The molecule has 0 heterocycles. The Morgan fingerprint density at radius 1 is 1.22 bits per heavy atom. The van der Waals surface area contributed by atoms with Crippen LogP contribution in [0.2, 0.25) is 0 Å². The van der Waals surface area contributed by atoms with Crippen molar-refractivity contribution in [1.82, 2.24) is 5.32 Å². The van der Waals surface area contributed by atoms with Gasteiger partial charge in [0, 0.05) is 11.7 Å². The van der Waals surface area contributed by atoms with E-state index in [1.165, 1.54) is 0 Å². The van der Waals surface area contributed by atoms with Crippen molar-refractivity contribution in [1.29, 1.82) is 0 Å². The third-order valence-corrected chi connectivity index (χ3v) is 2.53. The molecule has 1 rings (SSSR count). The van der Waals surface area contributed by atoms with E-state index in [0.29, 0.717) is 5.92 Å². The predicted octanol–water partition coefficient (Wildman–Crippen LogP) is 3.35. The van der Waals surface area contributed by atoms with Crippen molar-refractivity contribution in [2.75, 3.05) is 12.4 Å². The fourth-order valence-electron chi connectivity index (χ4n) is 1.69. The number of rotatable bonds is 4. The van der Waals surface area contributed by atoms with Gasteiger partial charge in [-0.2, -0.15) is 0 Å². The zero-order valence-corrected chi connectivity index (χ0v) is 11.7. The maximum Gasteiger partial charge on any atom is 0.319 e. The molecular weight excluding hydrogens is 228 g/mol. The van der Waals surface area contributed by atoms with Crippen LogP contribution in [0, 0.1) is 0 Å². The lowest BCUT2D eigenvalue weighted by molar-refractivity contribution is 0.250. The standard InChI is InChI=1S/C14H22N2O2/c1-9(2)12-8-11(6-7-13(12)18-5)16-14(17)15-10(3)4/h6-10H,1-5H3,(H2,15,16,17). The van der Waals surface area contributed by atoms with Crippen LogP contribution in [-0.2, 0) is 0 Å². The van der Waals surface area contributed by atoms with E-state index in [9.17, 15) is 4.79 Å². The first-order valence-electron chi connectivity index (χ1n) is 6.19. The summed E-state index contributed by atoms with van der Waals surface area (Å²) in [5.74, 6) is 1.19. The Hall–Kier alpha value is -1.71. The number of urea groups is 1. The molecule has 0 saturated heterocycles. The van der Waals surface area contributed by atoms with Gasteiger partial charge < -0.3 is 15.4 Å². The van der Waals surface area contributed by atoms with Crippen LogP contribution in [0.1, 0.15) is 39.2 Å². The molecule has 0 fully saturated rings. The van der Waals surface area contributed by atoms with E-state index in [4.69, 9.17) is 4.74 Å². The van der Waals surface area contributed by atoms with Gasteiger partial charge in [0.15, 0.2) is 0 Å². The van der Waals surface area contributed by atoms with Gasteiger partial charge >= 0.3 is 6.03 Å². The molecule has 0 aliphatic rings. The lowest BCUT2D eigenvalue weighted by atomic mass is 10.0. The van der Waals surface area contributed by atoms with Crippen molar-refractivity contribution < 1.29 is 9.53 Å². The SMILES string of the molecule is COc1ccc(NC(=O)NC(C)C)cc1C(C)C. The van der Waals surface area contributed by atoms with E-state index in [-0.39, 0.29) is 12.1 Å². The number of carbonyl (C=O) groups is 1. The molecular formula is C14H22N2O2. The molecule has 0 spiro atoms. The van der Waals surface area contributed by atoms with Crippen LogP contribution >= 0.6 is 0 Å². The fourth-order valence-corrected chi connectivity index (χ4v) is 1.69. The van der Waals surface area contributed by atoms with Crippen LogP contribution in [0.4, 0.5) is 10.5 Å². The number of amides is 2. The maximum absolute atomic E-state index is 11.6. The minimum Gasteiger partial charge on any atom is -0.496 e. The highest BCUT2D eigenvalue weighted by Crippen LogP contribution is 2.29. The third kappa shape index (κ3) is 3.95. The smallest absolute Gasteiger partial charge is 0.319 e. The van der Waals surface area contributed by atoms with Crippen molar-refractivity contribution >= 4 is 11.7 Å². The van der Waals surface area contributed by atoms with Gasteiger partial charge in [0.1, 0.15) is 5.75 Å². The van der Waals surface area contributed by atoms with Crippen molar-refractivity contribution in [3.63, 3.8) is 0 Å². The first-order chi connectivity index (χ1) is 8.43. The molecule has 0 aromatic heterocycles. The van der Waals surface area contributed by atoms with Gasteiger partial charge in [0.05, 0.1) is 7.11 Å². The van der Waals surface area contributed by atoms with E-state index in [1.54, 1.807) is 7.11 Å². The van der Waals surface area contributed by atoms with Gasteiger partial charge in [0.25, 0.3) is 0 Å². The Labute approximate surface area is 109 Å². The second-order valence-corrected chi connectivity index (χ2v) is 4.86. The summed E-state index contributed by atoms with van der Waals surface area (Å²) in [6.45, 7) is 8.03. The Morgan fingerprint density at radius 3 is 2.39 bits per heavy atom. The van der Waals surface area contributed by atoms with Gasteiger partial charge in [-0.15, -0.1) is 0 Å². The Bertz CT molecular complexity index is 414. The summed E-state index contributed by atoms with van der Waals surface area (Å²) in [5.41, 5.74) is 1.86. The molecule has 1 aromatic rings. The topological polar surface area (TPSA) is 50.4 Å². The number of hydrogen-bond donors (Lipinski definition) is 2. The summed E-state index contributed by atoms with van der Waals surface area (Å²) in [7, 11) is 1.65. The Morgan fingerprint density at radius 2 is 1.89 bits per heavy atom. The van der Waals surface area contributed by atoms with Crippen LogP contribution in [0.15, 0.2) is 18.2 Å². The summed E-state index contributed by atoms with van der Waals surface area (Å²) < 4.78 is 5.30. The van der Waals surface area contributed by atoms with E-state index in [0.717, 1.165) is 17.0 Å². The molecule has 4 nitrogen and oxygen atoms in total. The van der Waals surface area contributed by atoms with Crippen LogP contribution in [0.3, 0.4) is 0 Å². The highest BCUT2D eigenvalue weighted by Gasteiger charge is 2.10. The molecule has 4 heteroatoms. The zero-order valence-electron chi connectivity index (χ0n) is 11.7. The summed E-state index contributed by atoms with van der Waals surface area (Å²) in [6.07, 6.45) is 0. The van der Waals surface area contributed by atoms with Crippen molar-refractivity contribution in [2.24, 2.45) is 0 Å². The number of anilines is 1. The van der Waals surface area contributed by atoms with E-state index >= 15 is 0 Å². The van der Waals surface area contributed by atoms with E-state index < -0.39 is 0 Å². The molecule has 0 atom stereocenters. The van der Waals surface area contributed by atoms with Gasteiger partial charge in [-0.25, -0.2) is 4.79 Å². The average molecular weight is 250 g/mol. The molecule has 100 valence electrons. The zero-order chi connectivity index (χ0) is 13.7. The first kappa shape index (κ1) is 14.4. The number of hydrogen-bond acceptors (Lipinski definition) is 2. The van der Waals surface area contributed by atoms with Gasteiger partial charge in [-0.3, -0.25) is 0 Å². The normalized spacial score (nSPS) is 10.6. The quantitative estimate of drug-likeness (QED) is 0.861. The van der Waals surface area contributed by atoms with Crippen LogP contribution in [0.25, 0.3) is 0 Å². The number of nitrogens with one attached hydrogen (secondary N) is 2. The molecule has 0 aliphatic heterocycles. The van der Waals surface area contributed by atoms with Gasteiger partial charge in [-0.05, 0) is 43.5 Å². The highest BCUT2D eigenvalue weighted by molar-refractivity contribution is 5.89. The van der Waals surface area contributed by atoms with Crippen molar-refractivity contribution in [3.8, 4) is 5.75 Å². The molecule has 1 aromatic carbocycles. The summed E-state index contributed by atoms with van der Waals surface area (Å²) in [6, 6.07) is 5.59. The van der Waals surface area contributed by atoms with E-state index in [1.807, 2.05) is 32.0 Å². The third-order valence-electron chi connectivity index (χ3n) is 2.53.